The Morgan fingerprint density at radius 2 is 1.95 bits per heavy atom. The summed E-state index contributed by atoms with van der Waals surface area (Å²) >= 11 is 6.05. The van der Waals surface area contributed by atoms with E-state index in [2.05, 4.69) is 4.98 Å². The monoisotopic (exact) mass is 298 g/mol. The van der Waals surface area contributed by atoms with Crippen molar-refractivity contribution in [3.8, 4) is 11.5 Å². The van der Waals surface area contributed by atoms with Gasteiger partial charge >= 0.3 is 0 Å². The van der Waals surface area contributed by atoms with E-state index in [1.807, 2.05) is 49.4 Å². The SMILES string of the molecule is Cc1ccc2cccc(Oc3cc(Cl)ccc3CN)c2n1. The number of nitrogens with zero attached hydrogens (tertiary/aromatic N) is 1. The van der Waals surface area contributed by atoms with Gasteiger partial charge in [0.2, 0.25) is 0 Å². The first-order valence-corrected chi connectivity index (χ1v) is 7.08. The summed E-state index contributed by atoms with van der Waals surface area (Å²) in [6.45, 7) is 2.35. The van der Waals surface area contributed by atoms with Gasteiger partial charge in [-0.1, -0.05) is 35.9 Å². The van der Waals surface area contributed by atoms with Crippen LogP contribution in [0.2, 0.25) is 5.02 Å². The maximum Gasteiger partial charge on any atom is 0.153 e. The molecule has 106 valence electrons. The molecule has 0 aliphatic heterocycles. The molecule has 0 unspecified atom stereocenters. The molecule has 0 atom stereocenters. The van der Waals surface area contributed by atoms with Crippen molar-refractivity contribution < 1.29 is 4.74 Å². The molecule has 1 heterocycles. The molecule has 3 nitrogen and oxygen atoms in total. The fourth-order valence-corrected chi connectivity index (χ4v) is 2.37. The fraction of sp³-hybridized carbons (Fsp3) is 0.118. The van der Waals surface area contributed by atoms with Crippen molar-refractivity contribution in [2.45, 2.75) is 13.5 Å². The lowest BCUT2D eigenvalue weighted by Crippen LogP contribution is -1.99. The van der Waals surface area contributed by atoms with Crippen molar-refractivity contribution in [2.75, 3.05) is 0 Å². The van der Waals surface area contributed by atoms with Crippen LogP contribution in [0.5, 0.6) is 11.5 Å². The third kappa shape index (κ3) is 2.84. The summed E-state index contributed by atoms with van der Waals surface area (Å²) < 4.78 is 6.02. The molecule has 2 aromatic carbocycles. The zero-order valence-corrected chi connectivity index (χ0v) is 12.4. The Labute approximate surface area is 128 Å². The summed E-state index contributed by atoms with van der Waals surface area (Å²) in [5.74, 6) is 1.37. The number of nitrogens with two attached hydrogens (primary N) is 1. The summed E-state index contributed by atoms with van der Waals surface area (Å²) in [6.07, 6.45) is 0. The van der Waals surface area contributed by atoms with Crippen molar-refractivity contribution in [1.82, 2.24) is 4.98 Å². The van der Waals surface area contributed by atoms with Crippen LogP contribution < -0.4 is 10.5 Å². The Morgan fingerprint density at radius 3 is 2.76 bits per heavy atom. The van der Waals surface area contributed by atoms with Gasteiger partial charge in [-0.15, -0.1) is 0 Å². The molecule has 1 aromatic heterocycles. The van der Waals surface area contributed by atoms with Crippen LogP contribution in [0.4, 0.5) is 0 Å². The zero-order valence-electron chi connectivity index (χ0n) is 11.6. The topological polar surface area (TPSA) is 48.1 Å². The lowest BCUT2D eigenvalue weighted by Gasteiger charge is -2.12. The van der Waals surface area contributed by atoms with E-state index in [-0.39, 0.29) is 0 Å². The number of aromatic nitrogens is 1. The summed E-state index contributed by atoms with van der Waals surface area (Å²) in [5.41, 5.74) is 8.44. The van der Waals surface area contributed by atoms with Gasteiger partial charge in [0.1, 0.15) is 11.3 Å². The van der Waals surface area contributed by atoms with Crippen LogP contribution in [0.1, 0.15) is 11.3 Å². The molecule has 0 saturated carbocycles. The van der Waals surface area contributed by atoms with Crippen molar-refractivity contribution in [2.24, 2.45) is 5.73 Å². The van der Waals surface area contributed by atoms with Gasteiger partial charge in [0.15, 0.2) is 5.75 Å². The molecule has 4 heteroatoms. The third-order valence-corrected chi connectivity index (χ3v) is 3.53. The second kappa shape index (κ2) is 5.72. The number of ether oxygens (including phenoxy) is 1. The predicted molar refractivity (Wildman–Crippen MR) is 85.9 cm³/mol. The number of pyridine rings is 1. The molecule has 3 rings (SSSR count). The Balaban J connectivity index is 2.10. The molecule has 0 aliphatic rings. The number of fused-ring (bicyclic) bond motifs is 1. The van der Waals surface area contributed by atoms with Gasteiger partial charge < -0.3 is 10.5 Å². The quantitative estimate of drug-likeness (QED) is 0.777. The normalized spacial score (nSPS) is 10.8. The second-order valence-electron chi connectivity index (χ2n) is 4.84. The van der Waals surface area contributed by atoms with E-state index in [1.54, 1.807) is 6.07 Å². The average molecular weight is 299 g/mol. The number of benzene rings is 2. The van der Waals surface area contributed by atoms with Crippen LogP contribution in [0, 0.1) is 6.92 Å². The predicted octanol–water partition coefficient (Wildman–Crippen LogP) is 4.45. The highest BCUT2D eigenvalue weighted by atomic mass is 35.5. The summed E-state index contributed by atoms with van der Waals surface area (Å²) in [7, 11) is 0. The van der Waals surface area contributed by atoms with Gasteiger partial charge in [0, 0.05) is 28.2 Å². The van der Waals surface area contributed by atoms with Gasteiger partial charge in [-0.2, -0.15) is 0 Å². The van der Waals surface area contributed by atoms with E-state index in [0.29, 0.717) is 23.1 Å². The van der Waals surface area contributed by atoms with Crippen LogP contribution >= 0.6 is 11.6 Å². The summed E-state index contributed by atoms with van der Waals surface area (Å²) in [5, 5.41) is 1.65. The highest BCUT2D eigenvalue weighted by Crippen LogP contribution is 2.32. The molecule has 0 amide bonds. The number of hydrogen-bond acceptors (Lipinski definition) is 3. The molecule has 0 radical (unpaired) electrons. The van der Waals surface area contributed by atoms with E-state index in [1.165, 1.54) is 0 Å². The molecule has 0 spiro atoms. The third-order valence-electron chi connectivity index (χ3n) is 3.29. The van der Waals surface area contributed by atoms with Crippen LogP contribution in [-0.4, -0.2) is 4.98 Å². The lowest BCUT2D eigenvalue weighted by atomic mass is 10.1. The lowest BCUT2D eigenvalue weighted by molar-refractivity contribution is 0.481. The minimum atomic E-state index is 0.393. The summed E-state index contributed by atoms with van der Waals surface area (Å²) in [4.78, 5) is 4.56. The van der Waals surface area contributed by atoms with E-state index < -0.39 is 0 Å². The average Bonchev–Trinajstić information content (AvgIpc) is 2.48. The van der Waals surface area contributed by atoms with Crippen molar-refractivity contribution in [3.05, 3.63) is 64.8 Å². The first-order valence-electron chi connectivity index (χ1n) is 6.70. The van der Waals surface area contributed by atoms with E-state index >= 15 is 0 Å². The van der Waals surface area contributed by atoms with Crippen LogP contribution in [0.15, 0.2) is 48.5 Å². The van der Waals surface area contributed by atoms with Crippen LogP contribution in [0.25, 0.3) is 10.9 Å². The zero-order chi connectivity index (χ0) is 14.8. The van der Waals surface area contributed by atoms with E-state index in [0.717, 1.165) is 22.2 Å². The number of hydrogen-bond donors (Lipinski definition) is 1. The van der Waals surface area contributed by atoms with Crippen molar-refractivity contribution in [3.63, 3.8) is 0 Å². The molecule has 0 fully saturated rings. The van der Waals surface area contributed by atoms with Gasteiger partial charge in [-0.05, 0) is 31.2 Å². The Bertz CT molecular complexity index is 802. The smallest absolute Gasteiger partial charge is 0.153 e. The maximum absolute atomic E-state index is 6.05. The first-order chi connectivity index (χ1) is 10.2. The maximum atomic E-state index is 6.05. The Kier molecular flexibility index (Phi) is 3.78. The van der Waals surface area contributed by atoms with Gasteiger partial charge in [0.25, 0.3) is 0 Å². The molecule has 2 N–H and O–H groups in total. The van der Waals surface area contributed by atoms with Crippen molar-refractivity contribution >= 4 is 22.5 Å². The molecular weight excluding hydrogens is 284 g/mol. The van der Waals surface area contributed by atoms with Crippen LogP contribution in [0.3, 0.4) is 0 Å². The minimum Gasteiger partial charge on any atom is -0.455 e. The van der Waals surface area contributed by atoms with Gasteiger partial charge in [0.05, 0.1) is 0 Å². The second-order valence-corrected chi connectivity index (χ2v) is 5.28. The fourth-order valence-electron chi connectivity index (χ4n) is 2.21. The molecule has 0 aliphatic carbocycles. The molecule has 21 heavy (non-hydrogen) atoms. The number of para-hydroxylation sites is 1. The van der Waals surface area contributed by atoms with Gasteiger partial charge in [-0.25, -0.2) is 4.98 Å². The number of rotatable bonds is 3. The Morgan fingerprint density at radius 1 is 1.10 bits per heavy atom. The number of aryl methyl sites for hydroxylation is 1. The van der Waals surface area contributed by atoms with Gasteiger partial charge in [-0.3, -0.25) is 0 Å². The van der Waals surface area contributed by atoms with Crippen molar-refractivity contribution in [1.29, 1.82) is 0 Å². The molecule has 3 aromatic rings. The van der Waals surface area contributed by atoms with Crippen LogP contribution in [-0.2, 0) is 6.54 Å². The first kappa shape index (κ1) is 13.9. The Hall–Kier alpha value is -2.10. The highest BCUT2D eigenvalue weighted by molar-refractivity contribution is 6.30. The number of halogens is 1. The molecular formula is C17H15ClN2O. The molecule has 0 bridgehead atoms. The molecule has 0 saturated heterocycles. The standard InChI is InChI=1S/C17H15ClN2O/c1-11-5-6-12-3-2-4-15(17(12)20-11)21-16-9-14(18)8-7-13(16)10-19/h2-9H,10,19H2,1H3. The largest absolute Gasteiger partial charge is 0.455 e. The van der Waals surface area contributed by atoms with E-state index in [4.69, 9.17) is 22.1 Å². The van der Waals surface area contributed by atoms with E-state index in [9.17, 15) is 0 Å². The minimum absolute atomic E-state index is 0.393. The highest BCUT2D eigenvalue weighted by Gasteiger charge is 2.09. The summed E-state index contributed by atoms with van der Waals surface area (Å²) in [6, 6.07) is 15.3.